The first-order valence-corrected chi connectivity index (χ1v) is 10.3. The molecule has 0 saturated carbocycles. The summed E-state index contributed by atoms with van der Waals surface area (Å²) in [4.78, 5) is 28.1. The van der Waals surface area contributed by atoms with E-state index < -0.39 is 29.6 Å². The molecule has 184 valence electrons. The lowest BCUT2D eigenvalue weighted by molar-refractivity contribution is -0.138. The molecule has 0 aliphatic rings. The first kappa shape index (κ1) is 26.3. The molecule has 34 heavy (non-hydrogen) atoms. The zero-order valence-corrected chi connectivity index (χ0v) is 18.3. The fraction of sp³-hybridized carbons (Fsp3) is 0.318. The third-order valence-electron chi connectivity index (χ3n) is 4.82. The maximum atomic E-state index is 13.1. The SMILES string of the molecule is NC(=O)[C@H](CCCN=C(N)N)NC(=O)c1ccc(N)c(OCCc2ccccc2C(F)(F)F)c1. The van der Waals surface area contributed by atoms with E-state index in [0.29, 0.717) is 6.42 Å². The molecule has 9 nitrogen and oxygen atoms in total. The van der Waals surface area contributed by atoms with Crippen molar-refractivity contribution in [2.24, 2.45) is 22.2 Å². The van der Waals surface area contributed by atoms with Crippen molar-refractivity contribution >= 4 is 23.5 Å². The molecule has 0 saturated heterocycles. The number of nitrogens with two attached hydrogens (primary N) is 4. The predicted octanol–water partition coefficient (Wildman–Crippen LogP) is 1.55. The Bertz CT molecular complexity index is 1040. The highest BCUT2D eigenvalue weighted by Gasteiger charge is 2.32. The Morgan fingerprint density at radius 1 is 1.09 bits per heavy atom. The molecule has 2 aromatic rings. The van der Waals surface area contributed by atoms with Crippen molar-refractivity contribution in [3.63, 3.8) is 0 Å². The second-order valence-corrected chi connectivity index (χ2v) is 7.38. The summed E-state index contributed by atoms with van der Waals surface area (Å²) < 4.78 is 45.0. The topological polar surface area (TPSA) is 172 Å². The van der Waals surface area contributed by atoms with Crippen LogP contribution < -0.4 is 33.0 Å². The number of anilines is 1. The summed E-state index contributed by atoms with van der Waals surface area (Å²) in [6.07, 6.45) is -3.88. The first-order valence-electron chi connectivity index (χ1n) is 10.3. The molecule has 2 amide bonds. The van der Waals surface area contributed by atoms with Gasteiger partial charge in [-0.05, 0) is 42.7 Å². The lowest BCUT2D eigenvalue weighted by Gasteiger charge is -2.16. The molecule has 2 aromatic carbocycles. The van der Waals surface area contributed by atoms with E-state index in [0.717, 1.165) is 6.07 Å². The summed E-state index contributed by atoms with van der Waals surface area (Å²) in [7, 11) is 0. The number of benzene rings is 2. The third-order valence-corrected chi connectivity index (χ3v) is 4.82. The van der Waals surface area contributed by atoms with Gasteiger partial charge in [-0.25, -0.2) is 0 Å². The number of guanidine groups is 1. The molecular formula is C22H27F3N6O3. The van der Waals surface area contributed by atoms with Crippen molar-refractivity contribution in [2.75, 3.05) is 18.9 Å². The summed E-state index contributed by atoms with van der Waals surface area (Å²) >= 11 is 0. The molecular weight excluding hydrogens is 453 g/mol. The number of rotatable bonds is 11. The number of nitrogens with zero attached hydrogens (tertiary/aromatic N) is 1. The van der Waals surface area contributed by atoms with Gasteiger partial charge in [0.15, 0.2) is 5.96 Å². The highest BCUT2D eigenvalue weighted by Crippen LogP contribution is 2.32. The molecule has 1 atom stereocenters. The normalized spacial score (nSPS) is 12.0. The molecule has 2 rings (SSSR count). The smallest absolute Gasteiger partial charge is 0.416 e. The van der Waals surface area contributed by atoms with E-state index in [9.17, 15) is 22.8 Å². The Morgan fingerprint density at radius 2 is 1.79 bits per heavy atom. The van der Waals surface area contributed by atoms with Gasteiger partial charge >= 0.3 is 6.18 Å². The van der Waals surface area contributed by atoms with Gasteiger partial charge in [-0.3, -0.25) is 14.6 Å². The fourth-order valence-electron chi connectivity index (χ4n) is 3.12. The molecule has 0 fully saturated rings. The van der Waals surface area contributed by atoms with Crippen LogP contribution in [0.1, 0.15) is 34.3 Å². The van der Waals surface area contributed by atoms with Gasteiger partial charge in [-0.15, -0.1) is 0 Å². The molecule has 0 aromatic heterocycles. The number of amides is 2. The van der Waals surface area contributed by atoms with Crippen LogP contribution in [0.15, 0.2) is 47.5 Å². The summed E-state index contributed by atoms with van der Waals surface area (Å²) in [6.45, 7) is 0.163. The minimum Gasteiger partial charge on any atom is -0.491 e. The Morgan fingerprint density at radius 3 is 2.44 bits per heavy atom. The maximum Gasteiger partial charge on any atom is 0.416 e. The van der Waals surface area contributed by atoms with Crippen molar-refractivity contribution in [1.29, 1.82) is 0 Å². The van der Waals surface area contributed by atoms with Crippen molar-refractivity contribution in [2.45, 2.75) is 31.5 Å². The van der Waals surface area contributed by atoms with E-state index in [-0.39, 0.29) is 54.5 Å². The van der Waals surface area contributed by atoms with Crippen molar-refractivity contribution in [1.82, 2.24) is 5.32 Å². The molecule has 0 aliphatic carbocycles. The molecule has 0 heterocycles. The summed E-state index contributed by atoms with van der Waals surface area (Å²) in [5.74, 6) is -1.29. The van der Waals surface area contributed by atoms with Crippen LogP contribution in [0.5, 0.6) is 5.75 Å². The van der Waals surface area contributed by atoms with E-state index in [1.54, 1.807) is 0 Å². The standard InChI is InChI=1S/C22H27F3N6O3/c23-22(24,25)15-5-2-1-4-13(15)9-11-34-18-12-14(7-8-16(18)26)20(33)31-17(19(27)32)6-3-10-30-21(28)29/h1-2,4-5,7-8,12,17H,3,6,9-11,26H2,(H2,27,32)(H,31,33)(H4,28,29,30)/t17-/m0/s1. The molecule has 0 spiro atoms. The van der Waals surface area contributed by atoms with E-state index in [2.05, 4.69) is 10.3 Å². The Hall–Kier alpha value is -3.96. The van der Waals surface area contributed by atoms with Gasteiger partial charge < -0.3 is 33.0 Å². The number of alkyl halides is 3. The first-order chi connectivity index (χ1) is 16.0. The number of ether oxygens (including phenoxy) is 1. The predicted molar refractivity (Wildman–Crippen MR) is 122 cm³/mol. The van der Waals surface area contributed by atoms with Gasteiger partial charge in [0.25, 0.3) is 5.91 Å². The molecule has 0 bridgehead atoms. The number of carbonyl (C=O) groups is 2. The van der Waals surface area contributed by atoms with Crippen LogP contribution in [-0.2, 0) is 17.4 Å². The molecule has 0 unspecified atom stereocenters. The van der Waals surface area contributed by atoms with Crippen molar-refractivity contribution < 1.29 is 27.5 Å². The van der Waals surface area contributed by atoms with Crippen LogP contribution in [0, 0.1) is 0 Å². The lowest BCUT2D eigenvalue weighted by Crippen LogP contribution is -2.44. The second kappa shape index (κ2) is 11.8. The zero-order valence-electron chi connectivity index (χ0n) is 18.3. The number of primary amides is 1. The number of nitrogens with one attached hydrogen (secondary N) is 1. The average molecular weight is 480 g/mol. The number of aliphatic imine (C=N–C) groups is 1. The average Bonchev–Trinajstić information content (AvgIpc) is 2.76. The van der Waals surface area contributed by atoms with Crippen LogP contribution in [0.2, 0.25) is 0 Å². The highest BCUT2D eigenvalue weighted by molar-refractivity contribution is 5.98. The number of carbonyl (C=O) groups excluding carboxylic acids is 2. The maximum absolute atomic E-state index is 13.1. The van der Waals surface area contributed by atoms with E-state index in [1.807, 2.05) is 0 Å². The fourth-order valence-corrected chi connectivity index (χ4v) is 3.12. The number of hydrogen-bond donors (Lipinski definition) is 5. The monoisotopic (exact) mass is 480 g/mol. The van der Waals surface area contributed by atoms with E-state index in [4.69, 9.17) is 27.7 Å². The van der Waals surface area contributed by atoms with Gasteiger partial charge in [-0.2, -0.15) is 13.2 Å². The van der Waals surface area contributed by atoms with E-state index in [1.165, 1.54) is 36.4 Å². The number of hydrogen-bond acceptors (Lipinski definition) is 5. The summed E-state index contributed by atoms with van der Waals surface area (Å²) in [5, 5.41) is 2.53. The minimum atomic E-state index is -4.48. The van der Waals surface area contributed by atoms with Gasteiger partial charge in [-0.1, -0.05) is 18.2 Å². The molecule has 12 heteroatoms. The Kier molecular flexibility index (Phi) is 9.10. The third kappa shape index (κ3) is 7.87. The van der Waals surface area contributed by atoms with Crippen LogP contribution in [0.25, 0.3) is 0 Å². The van der Waals surface area contributed by atoms with Gasteiger partial charge in [0.1, 0.15) is 11.8 Å². The Balaban J connectivity index is 2.03. The number of halogens is 3. The van der Waals surface area contributed by atoms with Crippen LogP contribution in [-0.4, -0.2) is 37.0 Å². The van der Waals surface area contributed by atoms with Gasteiger partial charge in [0, 0.05) is 18.5 Å². The zero-order chi connectivity index (χ0) is 25.3. The summed E-state index contributed by atoms with van der Waals surface area (Å²) in [5.41, 5.74) is 21.4. The van der Waals surface area contributed by atoms with E-state index >= 15 is 0 Å². The van der Waals surface area contributed by atoms with Crippen LogP contribution >= 0.6 is 0 Å². The quantitative estimate of drug-likeness (QED) is 0.141. The summed E-state index contributed by atoms with van der Waals surface area (Å²) in [6, 6.07) is 8.43. The molecule has 9 N–H and O–H groups in total. The van der Waals surface area contributed by atoms with Gasteiger partial charge in [0.2, 0.25) is 5.91 Å². The second-order valence-electron chi connectivity index (χ2n) is 7.38. The molecule has 0 aliphatic heterocycles. The largest absolute Gasteiger partial charge is 0.491 e. The van der Waals surface area contributed by atoms with Gasteiger partial charge in [0.05, 0.1) is 17.9 Å². The van der Waals surface area contributed by atoms with Crippen LogP contribution in [0.4, 0.5) is 18.9 Å². The van der Waals surface area contributed by atoms with Crippen LogP contribution in [0.3, 0.4) is 0 Å². The highest BCUT2D eigenvalue weighted by atomic mass is 19.4. The number of nitrogen functional groups attached to an aromatic ring is 1. The minimum absolute atomic E-state index is 0.0227. The Labute approximate surface area is 194 Å². The van der Waals surface area contributed by atoms with Crippen molar-refractivity contribution in [3.8, 4) is 5.75 Å². The lowest BCUT2D eigenvalue weighted by atomic mass is 10.0. The molecule has 0 radical (unpaired) electrons. The van der Waals surface area contributed by atoms with Crippen molar-refractivity contribution in [3.05, 3.63) is 59.2 Å².